The molecule has 0 aliphatic heterocycles. The van der Waals surface area contributed by atoms with Crippen LogP contribution in [0.2, 0.25) is 5.02 Å². The Hall–Kier alpha value is -0.770. The second kappa shape index (κ2) is 6.71. The quantitative estimate of drug-likeness (QED) is 0.601. The minimum Gasteiger partial charge on any atom is -0.399 e. The van der Waals surface area contributed by atoms with Crippen LogP contribution in [-0.4, -0.2) is 17.8 Å². The Bertz CT molecular complexity index is 224. The predicted octanol–water partition coefficient (Wildman–Crippen LogP) is 1.25. The van der Waals surface area contributed by atoms with E-state index in [0.29, 0.717) is 17.3 Å². The summed E-state index contributed by atoms with van der Waals surface area (Å²) in [4.78, 5) is 0. The highest BCUT2D eigenvalue weighted by Crippen LogP contribution is 2.10. The highest BCUT2D eigenvalue weighted by Gasteiger charge is 1.83. The fraction of sp³-hybridized carbons (Fsp3) is 0.333. The van der Waals surface area contributed by atoms with Gasteiger partial charge in [-0.05, 0) is 25.1 Å². The molecule has 0 saturated carbocycles. The molecule has 0 spiro atoms. The van der Waals surface area contributed by atoms with Gasteiger partial charge in [0.1, 0.15) is 0 Å². The molecule has 74 valence electrons. The SMILES string of the molecule is C[C@@H](O)CN.Nc1cccc(Cl)c1. The maximum atomic E-state index is 8.24. The number of nitrogens with two attached hydrogens (primary N) is 2. The zero-order valence-corrected chi connectivity index (χ0v) is 8.33. The smallest absolute Gasteiger partial charge is 0.0634 e. The Kier molecular flexibility index (Phi) is 6.32. The maximum absolute atomic E-state index is 8.24. The minimum atomic E-state index is -0.338. The van der Waals surface area contributed by atoms with Gasteiger partial charge in [0, 0.05) is 17.3 Å². The molecule has 0 heterocycles. The first-order valence-corrected chi connectivity index (χ1v) is 4.33. The second-order valence-electron chi connectivity index (χ2n) is 2.64. The summed E-state index contributed by atoms with van der Waals surface area (Å²) < 4.78 is 0. The van der Waals surface area contributed by atoms with Gasteiger partial charge < -0.3 is 16.6 Å². The van der Waals surface area contributed by atoms with Crippen LogP contribution >= 0.6 is 11.6 Å². The molecule has 13 heavy (non-hydrogen) atoms. The van der Waals surface area contributed by atoms with Gasteiger partial charge in [-0.15, -0.1) is 0 Å². The molecule has 5 N–H and O–H groups in total. The average molecular weight is 203 g/mol. The van der Waals surface area contributed by atoms with Crippen molar-refractivity contribution in [1.29, 1.82) is 0 Å². The molecule has 0 aliphatic carbocycles. The molecule has 1 aromatic rings. The lowest BCUT2D eigenvalue weighted by Crippen LogP contribution is -2.14. The van der Waals surface area contributed by atoms with Crippen molar-refractivity contribution < 1.29 is 5.11 Å². The molecule has 0 unspecified atom stereocenters. The van der Waals surface area contributed by atoms with Crippen molar-refractivity contribution in [3.8, 4) is 0 Å². The van der Waals surface area contributed by atoms with E-state index in [2.05, 4.69) is 0 Å². The van der Waals surface area contributed by atoms with Gasteiger partial charge in [-0.3, -0.25) is 0 Å². The van der Waals surface area contributed by atoms with Crippen molar-refractivity contribution >= 4 is 17.3 Å². The molecule has 1 rings (SSSR count). The monoisotopic (exact) mass is 202 g/mol. The molecule has 0 amide bonds. The molecule has 4 heteroatoms. The van der Waals surface area contributed by atoms with Crippen LogP contribution in [0.15, 0.2) is 24.3 Å². The van der Waals surface area contributed by atoms with Crippen molar-refractivity contribution in [3.05, 3.63) is 29.3 Å². The fourth-order valence-electron chi connectivity index (χ4n) is 0.507. The molecule has 0 aliphatic rings. The summed E-state index contributed by atoms with van der Waals surface area (Å²) in [7, 11) is 0. The van der Waals surface area contributed by atoms with Gasteiger partial charge in [0.05, 0.1) is 6.10 Å². The molecular weight excluding hydrogens is 188 g/mol. The third-order valence-corrected chi connectivity index (χ3v) is 1.42. The predicted molar refractivity (Wildman–Crippen MR) is 56.6 cm³/mol. The van der Waals surface area contributed by atoms with E-state index in [1.165, 1.54) is 0 Å². The van der Waals surface area contributed by atoms with Gasteiger partial charge in [-0.25, -0.2) is 0 Å². The Morgan fingerprint density at radius 3 is 2.31 bits per heavy atom. The first kappa shape index (κ1) is 12.2. The van der Waals surface area contributed by atoms with Crippen LogP contribution in [0.3, 0.4) is 0 Å². The van der Waals surface area contributed by atoms with Crippen LogP contribution < -0.4 is 11.5 Å². The van der Waals surface area contributed by atoms with Crippen molar-refractivity contribution in [2.75, 3.05) is 12.3 Å². The standard InChI is InChI=1S/C6H6ClN.C3H9NO/c7-5-2-1-3-6(8)4-5;1-3(5)2-4/h1-4H,8H2;3,5H,2,4H2,1H3/t;3-/m.1/s1. The van der Waals surface area contributed by atoms with Crippen LogP contribution in [0.1, 0.15) is 6.92 Å². The van der Waals surface area contributed by atoms with Gasteiger partial charge in [0.15, 0.2) is 0 Å². The van der Waals surface area contributed by atoms with E-state index in [1.54, 1.807) is 25.1 Å². The number of anilines is 1. The van der Waals surface area contributed by atoms with E-state index in [1.807, 2.05) is 6.07 Å². The Balaban J connectivity index is 0.000000252. The maximum Gasteiger partial charge on any atom is 0.0634 e. The number of aliphatic hydroxyl groups is 1. The van der Waals surface area contributed by atoms with E-state index in [4.69, 9.17) is 28.2 Å². The lowest BCUT2D eigenvalue weighted by atomic mass is 10.3. The van der Waals surface area contributed by atoms with Crippen LogP contribution in [0, 0.1) is 0 Å². The largest absolute Gasteiger partial charge is 0.399 e. The Morgan fingerprint density at radius 2 is 2.08 bits per heavy atom. The third-order valence-electron chi connectivity index (χ3n) is 1.19. The summed E-state index contributed by atoms with van der Waals surface area (Å²) in [5.41, 5.74) is 11.0. The van der Waals surface area contributed by atoms with Crippen LogP contribution in [0.4, 0.5) is 5.69 Å². The topological polar surface area (TPSA) is 72.3 Å². The lowest BCUT2D eigenvalue weighted by Gasteiger charge is -1.91. The van der Waals surface area contributed by atoms with Crippen LogP contribution in [-0.2, 0) is 0 Å². The third kappa shape index (κ3) is 7.59. The lowest BCUT2D eigenvalue weighted by molar-refractivity contribution is 0.203. The normalized spacial score (nSPS) is 11.4. The highest BCUT2D eigenvalue weighted by molar-refractivity contribution is 6.30. The molecule has 0 aromatic heterocycles. The average Bonchev–Trinajstić information content (AvgIpc) is 2.05. The van der Waals surface area contributed by atoms with Gasteiger partial charge in [-0.1, -0.05) is 17.7 Å². The van der Waals surface area contributed by atoms with Crippen LogP contribution in [0.25, 0.3) is 0 Å². The summed E-state index contributed by atoms with van der Waals surface area (Å²) in [6.07, 6.45) is -0.338. The van der Waals surface area contributed by atoms with E-state index < -0.39 is 0 Å². The van der Waals surface area contributed by atoms with Crippen LogP contribution in [0.5, 0.6) is 0 Å². The molecule has 0 fully saturated rings. The van der Waals surface area contributed by atoms with E-state index in [0.717, 1.165) is 0 Å². The van der Waals surface area contributed by atoms with Crippen molar-refractivity contribution in [3.63, 3.8) is 0 Å². The number of aliphatic hydroxyl groups excluding tert-OH is 1. The van der Waals surface area contributed by atoms with Crippen molar-refractivity contribution in [2.45, 2.75) is 13.0 Å². The van der Waals surface area contributed by atoms with E-state index >= 15 is 0 Å². The summed E-state index contributed by atoms with van der Waals surface area (Å²) in [6, 6.07) is 7.11. The number of hydrogen-bond acceptors (Lipinski definition) is 3. The summed E-state index contributed by atoms with van der Waals surface area (Å²) in [6.45, 7) is 2.01. The van der Waals surface area contributed by atoms with E-state index in [9.17, 15) is 0 Å². The molecule has 0 saturated heterocycles. The van der Waals surface area contributed by atoms with Gasteiger partial charge in [0.25, 0.3) is 0 Å². The molecule has 1 atom stereocenters. The summed E-state index contributed by atoms with van der Waals surface area (Å²) >= 11 is 5.56. The second-order valence-corrected chi connectivity index (χ2v) is 3.08. The van der Waals surface area contributed by atoms with Gasteiger partial charge >= 0.3 is 0 Å². The molecule has 0 bridgehead atoms. The number of rotatable bonds is 1. The summed E-state index contributed by atoms with van der Waals surface area (Å²) in [5.74, 6) is 0. The molecule has 1 aromatic carbocycles. The number of benzene rings is 1. The zero-order valence-electron chi connectivity index (χ0n) is 7.57. The highest BCUT2D eigenvalue weighted by atomic mass is 35.5. The summed E-state index contributed by atoms with van der Waals surface area (Å²) in [5, 5.41) is 8.92. The first-order valence-electron chi connectivity index (χ1n) is 3.95. The van der Waals surface area contributed by atoms with Crippen molar-refractivity contribution in [1.82, 2.24) is 0 Å². The molecule has 3 nitrogen and oxygen atoms in total. The molecule has 0 radical (unpaired) electrons. The number of nitrogen functional groups attached to an aromatic ring is 1. The Morgan fingerprint density at radius 1 is 1.54 bits per heavy atom. The van der Waals surface area contributed by atoms with Crippen molar-refractivity contribution in [2.24, 2.45) is 5.73 Å². The molecular formula is C9H15ClN2O. The fourth-order valence-corrected chi connectivity index (χ4v) is 0.705. The van der Waals surface area contributed by atoms with Gasteiger partial charge in [0.2, 0.25) is 0 Å². The number of hydrogen-bond donors (Lipinski definition) is 3. The first-order chi connectivity index (χ1) is 6.06. The Labute approximate surface area is 83.3 Å². The minimum absolute atomic E-state index is 0.338. The zero-order chi connectivity index (χ0) is 10.3. The van der Waals surface area contributed by atoms with E-state index in [-0.39, 0.29) is 6.10 Å². The number of halogens is 1. The van der Waals surface area contributed by atoms with Gasteiger partial charge in [-0.2, -0.15) is 0 Å².